The highest BCUT2D eigenvalue weighted by Gasteiger charge is 2.27. The molecule has 1 atom stereocenters. The van der Waals surface area contributed by atoms with Crippen LogP contribution in [0.5, 0.6) is 0 Å². The van der Waals surface area contributed by atoms with E-state index in [2.05, 4.69) is 41.3 Å². The van der Waals surface area contributed by atoms with Gasteiger partial charge in [0.15, 0.2) is 0 Å². The van der Waals surface area contributed by atoms with Gasteiger partial charge in [-0.05, 0) is 56.4 Å². The molecule has 0 radical (unpaired) electrons. The molecule has 2 aliphatic rings. The number of nitrogens with zero attached hydrogens (tertiary/aromatic N) is 3. The van der Waals surface area contributed by atoms with Gasteiger partial charge in [-0.2, -0.15) is 0 Å². The maximum atomic E-state index is 12.8. The van der Waals surface area contributed by atoms with Gasteiger partial charge < -0.3 is 9.88 Å². The van der Waals surface area contributed by atoms with Crippen LogP contribution in [0.15, 0.2) is 24.4 Å². The monoisotopic (exact) mass is 409 g/mol. The summed E-state index contributed by atoms with van der Waals surface area (Å²) in [7, 11) is 0. The number of pyridine rings is 1. The lowest BCUT2D eigenvalue weighted by atomic mass is 9.89. The van der Waals surface area contributed by atoms with Gasteiger partial charge in [0, 0.05) is 37.4 Å². The Morgan fingerprint density at radius 1 is 1.27 bits per heavy atom. The van der Waals surface area contributed by atoms with Crippen LogP contribution in [-0.4, -0.2) is 58.0 Å². The summed E-state index contributed by atoms with van der Waals surface area (Å²) in [5.74, 6) is 0.627. The van der Waals surface area contributed by atoms with Gasteiger partial charge in [0.25, 0.3) is 0 Å². The Bertz CT molecular complexity index is 902. The molecule has 162 valence electrons. The van der Waals surface area contributed by atoms with Crippen LogP contribution in [-0.2, 0) is 0 Å². The summed E-state index contributed by atoms with van der Waals surface area (Å²) in [5, 5.41) is 3.03. The lowest BCUT2D eigenvalue weighted by Crippen LogP contribution is -2.41. The predicted octanol–water partition coefficient (Wildman–Crippen LogP) is 5.25. The molecule has 0 aromatic carbocycles. The largest absolute Gasteiger partial charge is 0.359 e. The van der Waals surface area contributed by atoms with E-state index in [1.165, 1.54) is 36.9 Å². The number of nitrogens with one attached hydrogen (secondary N) is 2. The quantitative estimate of drug-likeness (QED) is 0.656. The van der Waals surface area contributed by atoms with Gasteiger partial charge in [0.1, 0.15) is 5.82 Å². The molecule has 2 aromatic heterocycles. The van der Waals surface area contributed by atoms with E-state index >= 15 is 0 Å². The average molecular weight is 410 g/mol. The minimum absolute atomic E-state index is 0.0519. The summed E-state index contributed by atoms with van der Waals surface area (Å²) < 4.78 is 0. The molecule has 4 rings (SSSR count). The number of carbonyl (C=O) groups excluding carboxylic acids is 1. The van der Waals surface area contributed by atoms with Crippen molar-refractivity contribution in [3.05, 3.63) is 30.0 Å². The maximum absolute atomic E-state index is 12.8. The number of aromatic amines is 1. The van der Waals surface area contributed by atoms with Crippen LogP contribution in [0.3, 0.4) is 0 Å². The zero-order valence-electron chi connectivity index (χ0n) is 18.4. The molecular weight excluding hydrogens is 374 g/mol. The summed E-state index contributed by atoms with van der Waals surface area (Å²) in [6, 6.07) is 4.52. The lowest BCUT2D eigenvalue weighted by molar-refractivity contribution is 0.161. The normalized spacial score (nSPS) is 19.4. The summed E-state index contributed by atoms with van der Waals surface area (Å²) >= 11 is 0. The summed E-state index contributed by atoms with van der Waals surface area (Å²) in [5.41, 5.74) is 4.55. The number of urea groups is 1. The van der Waals surface area contributed by atoms with E-state index in [-0.39, 0.29) is 6.03 Å². The molecule has 1 saturated heterocycles. The standard InChI is InChI=1S/C24H35N5O/c1-3-5-13-29(12-4-2)24(30)27-22-10-9-21-23(26-22)20(17-25-21)18-11-15-28-14-7-6-8-19(28)16-18/h9-11,17,19,25H,3-8,12-16H2,1-2H3,(H,26,27,30). The molecule has 30 heavy (non-hydrogen) atoms. The zero-order chi connectivity index (χ0) is 20.9. The summed E-state index contributed by atoms with van der Waals surface area (Å²) in [4.78, 5) is 25.5. The molecule has 2 aromatic rings. The van der Waals surface area contributed by atoms with Crippen molar-refractivity contribution in [1.29, 1.82) is 0 Å². The Balaban J connectivity index is 1.53. The minimum atomic E-state index is -0.0519. The third-order valence-corrected chi connectivity index (χ3v) is 6.44. The SMILES string of the molecule is CCCCN(CCC)C(=O)Nc1ccc2[nH]cc(C3=CCN4CCCCC4C3)c2n1. The first-order valence-electron chi connectivity index (χ1n) is 11.7. The lowest BCUT2D eigenvalue weighted by Gasteiger charge is -2.38. The first kappa shape index (κ1) is 20.9. The van der Waals surface area contributed by atoms with Gasteiger partial charge in [0.05, 0.1) is 11.0 Å². The van der Waals surface area contributed by atoms with Gasteiger partial charge in [-0.1, -0.05) is 32.8 Å². The molecule has 6 nitrogen and oxygen atoms in total. The number of aromatic nitrogens is 2. The van der Waals surface area contributed by atoms with Crippen LogP contribution in [0.25, 0.3) is 16.6 Å². The second-order valence-corrected chi connectivity index (χ2v) is 8.64. The Hall–Kier alpha value is -2.34. The van der Waals surface area contributed by atoms with Crippen LogP contribution < -0.4 is 5.32 Å². The molecule has 0 saturated carbocycles. The van der Waals surface area contributed by atoms with Crippen LogP contribution in [0.2, 0.25) is 0 Å². The molecule has 6 heteroatoms. The van der Waals surface area contributed by atoms with Crippen molar-refractivity contribution in [3.8, 4) is 0 Å². The number of unbranched alkanes of at least 4 members (excludes halogenated alkanes) is 1. The number of fused-ring (bicyclic) bond motifs is 2. The predicted molar refractivity (Wildman–Crippen MR) is 124 cm³/mol. The Morgan fingerprint density at radius 2 is 2.17 bits per heavy atom. The number of H-pyrrole nitrogens is 1. The Morgan fingerprint density at radius 3 is 3.00 bits per heavy atom. The third kappa shape index (κ3) is 4.53. The number of hydrogen-bond acceptors (Lipinski definition) is 3. The van der Waals surface area contributed by atoms with Crippen molar-refractivity contribution in [2.24, 2.45) is 0 Å². The van der Waals surface area contributed by atoms with E-state index in [4.69, 9.17) is 4.98 Å². The molecular formula is C24H35N5O. The second kappa shape index (κ2) is 9.65. The Kier molecular flexibility index (Phi) is 6.72. The number of amides is 2. The van der Waals surface area contributed by atoms with Crippen molar-refractivity contribution in [2.75, 3.05) is 31.5 Å². The minimum Gasteiger partial charge on any atom is -0.359 e. The highest BCUT2D eigenvalue weighted by molar-refractivity contribution is 5.93. The van der Waals surface area contributed by atoms with Crippen molar-refractivity contribution in [2.45, 2.75) is 64.8 Å². The van der Waals surface area contributed by atoms with E-state index in [1.807, 2.05) is 17.0 Å². The second-order valence-electron chi connectivity index (χ2n) is 8.64. The van der Waals surface area contributed by atoms with E-state index < -0.39 is 0 Å². The van der Waals surface area contributed by atoms with Gasteiger partial charge in [0.2, 0.25) is 0 Å². The summed E-state index contributed by atoms with van der Waals surface area (Å²) in [6.07, 6.45) is 12.5. The van der Waals surface area contributed by atoms with Crippen LogP contribution in [0, 0.1) is 0 Å². The highest BCUT2D eigenvalue weighted by Crippen LogP contribution is 2.34. The van der Waals surface area contributed by atoms with E-state index in [1.54, 1.807) is 0 Å². The van der Waals surface area contributed by atoms with Gasteiger partial charge in [-0.15, -0.1) is 0 Å². The van der Waals surface area contributed by atoms with E-state index in [0.717, 1.165) is 56.4 Å². The number of rotatable bonds is 7. The van der Waals surface area contributed by atoms with Crippen LogP contribution in [0.4, 0.5) is 10.6 Å². The smallest absolute Gasteiger partial charge is 0.323 e. The average Bonchev–Trinajstić information content (AvgIpc) is 3.19. The zero-order valence-corrected chi connectivity index (χ0v) is 18.4. The third-order valence-electron chi connectivity index (χ3n) is 6.44. The fourth-order valence-electron chi connectivity index (χ4n) is 4.75. The maximum Gasteiger partial charge on any atom is 0.323 e. The van der Waals surface area contributed by atoms with Crippen LogP contribution >= 0.6 is 0 Å². The Labute approximate surface area is 179 Å². The number of piperidine rings is 1. The molecule has 2 N–H and O–H groups in total. The first-order chi connectivity index (χ1) is 14.7. The molecule has 0 bridgehead atoms. The van der Waals surface area contributed by atoms with Gasteiger partial charge in [-0.25, -0.2) is 9.78 Å². The fourth-order valence-corrected chi connectivity index (χ4v) is 4.75. The fraction of sp³-hybridized carbons (Fsp3) is 0.583. The highest BCUT2D eigenvalue weighted by atomic mass is 16.2. The number of carbonyl (C=O) groups is 1. The molecule has 0 spiro atoms. The van der Waals surface area contributed by atoms with Crippen LogP contribution in [0.1, 0.15) is 64.4 Å². The van der Waals surface area contributed by atoms with Gasteiger partial charge >= 0.3 is 6.03 Å². The molecule has 2 aliphatic heterocycles. The van der Waals surface area contributed by atoms with Crippen molar-refractivity contribution >= 4 is 28.5 Å². The number of anilines is 1. The molecule has 2 amide bonds. The van der Waals surface area contributed by atoms with Gasteiger partial charge in [-0.3, -0.25) is 10.2 Å². The topological polar surface area (TPSA) is 64.3 Å². The first-order valence-corrected chi connectivity index (χ1v) is 11.7. The van der Waals surface area contributed by atoms with Crippen molar-refractivity contribution < 1.29 is 4.79 Å². The van der Waals surface area contributed by atoms with Crippen molar-refractivity contribution in [3.63, 3.8) is 0 Å². The molecule has 4 heterocycles. The molecule has 1 unspecified atom stereocenters. The summed E-state index contributed by atoms with van der Waals surface area (Å²) in [6.45, 7) is 8.08. The van der Waals surface area contributed by atoms with E-state index in [0.29, 0.717) is 11.9 Å². The van der Waals surface area contributed by atoms with Crippen molar-refractivity contribution in [1.82, 2.24) is 19.8 Å². The number of hydrogen-bond donors (Lipinski definition) is 2. The van der Waals surface area contributed by atoms with E-state index in [9.17, 15) is 4.79 Å². The molecule has 1 fully saturated rings. The molecule has 0 aliphatic carbocycles.